The molecule has 1 heterocycles. The SMILES string of the molecule is CCOC(=O)C1=C(C)NC(=S)N[C@@H]1c1ccccc1OCC(=O)NN=Cc1ccc(OCC(=O)OC)c(OCC)c1. The lowest BCUT2D eigenvalue weighted by Gasteiger charge is -2.30. The summed E-state index contributed by atoms with van der Waals surface area (Å²) in [6.07, 6.45) is 1.43. The molecular weight excluding hydrogens is 552 g/mol. The minimum Gasteiger partial charge on any atom is -0.490 e. The number of hydrogen-bond acceptors (Lipinski definition) is 10. The second-order valence-electron chi connectivity index (χ2n) is 8.41. The van der Waals surface area contributed by atoms with E-state index in [4.69, 9.17) is 31.2 Å². The number of rotatable bonds is 13. The molecule has 1 atom stereocenters. The summed E-state index contributed by atoms with van der Waals surface area (Å²) in [7, 11) is 1.27. The Bertz CT molecular complexity index is 1340. The molecule has 3 N–H and O–H groups in total. The molecule has 0 saturated carbocycles. The van der Waals surface area contributed by atoms with Gasteiger partial charge in [0.2, 0.25) is 0 Å². The highest BCUT2D eigenvalue weighted by molar-refractivity contribution is 7.80. The summed E-state index contributed by atoms with van der Waals surface area (Å²) < 4.78 is 26.6. The first-order valence-electron chi connectivity index (χ1n) is 12.7. The lowest BCUT2D eigenvalue weighted by atomic mass is 9.95. The van der Waals surface area contributed by atoms with Gasteiger partial charge in [-0.1, -0.05) is 18.2 Å². The smallest absolute Gasteiger partial charge is 0.343 e. The van der Waals surface area contributed by atoms with Gasteiger partial charge >= 0.3 is 11.9 Å². The third-order valence-electron chi connectivity index (χ3n) is 5.60. The number of benzene rings is 2. The standard InChI is InChI=1S/C28H32N4O8S/c1-5-37-22-13-18(11-12-21(22)40-16-24(34)36-4)14-29-32-23(33)15-39-20-10-8-7-9-19(20)26-25(27(35)38-6-2)17(3)30-28(41)31-26/h7-14,26H,5-6,15-16H2,1-4H3,(H,32,33)(H2,30,31,41)/t26-/m1/s1. The molecule has 41 heavy (non-hydrogen) atoms. The molecule has 1 aliphatic heterocycles. The van der Waals surface area contributed by atoms with Gasteiger partial charge in [-0.25, -0.2) is 15.0 Å². The molecule has 0 spiro atoms. The zero-order chi connectivity index (χ0) is 29.8. The second kappa shape index (κ2) is 15.2. The average molecular weight is 585 g/mol. The molecule has 0 saturated heterocycles. The number of carbonyl (C=O) groups is 3. The van der Waals surface area contributed by atoms with Gasteiger partial charge in [-0.2, -0.15) is 5.10 Å². The summed E-state index contributed by atoms with van der Waals surface area (Å²) in [6, 6.07) is 11.3. The summed E-state index contributed by atoms with van der Waals surface area (Å²) in [5, 5.41) is 10.4. The summed E-state index contributed by atoms with van der Waals surface area (Å²) >= 11 is 5.30. The molecule has 2 aromatic rings. The lowest BCUT2D eigenvalue weighted by Crippen LogP contribution is -2.45. The Hall–Kier alpha value is -4.65. The maximum absolute atomic E-state index is 12.7. The Kier molecular flexibility index (Phi) is 11.5. The van der Waals surface area contributed by atoms with Crippen LogP contribution in [0.4, 0.5) is 0 Å². The quantitative estimate of drug-likeness (QED) is 0.138. The van der Waals surface area contributed by atoms with Gasteiger partial charge in [-0.05, 0) is 62.8 Å². The van der Waals surface area contributed by atoms with Crippen molar-refractivity contribution in [3.05, 3.63) is 64.9 Å². The molecule has 12 nitrogen and oxygen atoms in total. The highest BCUT2D eigenvalue weighted by Gasteiger charge is 2.32. The predicted molar refractivity (Wildman–Crippen MR) is 154 cm³/mol. The molecule has 218 valence electrons. The van der Waals surface area contributed by atoms with E-state index in [-0.39, 0.29) is 19.8 Å². The topological polar surface area (TPSA) is 146 Å². The first-order valence-corrected chi connectivity index (χ1v) is 13.1. The zero-order valence-corrected chi connectivity index (χ0v) is 24.0. The van der Waals surface area contributed by atoms with Crippen LogP contribution in [0.5, 0.6) is 17.2 Å². The number of methoxy groups -OCH3 is 1. The van der Waals surface area contributed by atoms with Crippen LogP contribution in [-0.2, 0) is 23.9 Å². The van der Waals surface area contributed by atoms with E-state index in [0.717, 1.165) is 0 Å². The number of hydrazone groups is 1. The highest BCUT2D eigenvalue weighted by atomic mass is 32.1. The van der Waals surface area contributed by atoms with Crippen LogP contribution in [0.1, 0.15) is 37.9 Å². The van der Waals surface area contributed by atoms with Gasteiger partial charge in [0, 0.05) is 11.3 Å². The van der Waals surface area contributed by atoms with Crippen molar-refractivity contribution in [1.29, 1.82) is 0 Å². The number of nitrogens with zero attached hydrogens (tertiary/aromatic N) is 1. The van der Waals surface area contributed by atoms with Crippen molar-refractivity contribution in [1.82, 2.24) is 16.1 Å². The van der Waals surface area contributed by atoms with E-state index in [1.165, 1.54) is 13.3 Å². The maximum Gasteiger partial charge on any atom is 0.343 e. The van der Waals surface area contributed by atoms with E-state index >= 15 is 0 Å². The number of allylic oxidation sites excluding steroid dienone is 1. The van der Waals surface area contributed by atoms with E-state index in [1.54, 1.807) is 56.3 Å². The van der Waals surface area contributed by atoms with Gasteiger partial charge in [0.25, 0.3) is 5.91 Å². The van der Waals surface area contributed by atoms with Crippen LogP contribution in [0.2, 0.25) is 0 Å². The fourth-order valence-electron chi connectivity index (χ4n) is 3.80. The Morgan fingerprint density at radius 3 is 2.49 bits per heavy atom. The van der Waals surface area contributed by atoms with Crippen molar-refractivity contribution in [3.63, 3.8) is 0 Å². The molecule has 1 amide bonds. The summed E-state index contributed by atoms with van der Waals surface area (Å²) in [4.78, 5) is 36.6. The van der Waals surface area contributed by atoms with Crippen LogP contribution >= 0.6 is 12.2 Å². The van der Waals surface area contributed by atoms with Crippen LogP contribution in [0.25, 0.3) is 0 Å². The molecule has 0 unspecified atom stereocenters. The van der Waals surface area contributed by atoms with Crippen LogP contribution in [0.3, 0.4) is 0 Å². The van der Waals surface area contributed by atoms with Crippen LogP contribution in [0.15, 0.2) is 58.8 Å². The Balaban J connectivity index is 1.66. The molecule has 0 fully saturated rings. The lowest BCUT2D eigenvalue weighted by molar-refractivity contribution is -0.143. The van der Waals surface area contributed by atoms with E-state index in [0.29, 0.717) is 51.4 Å². The number of carbonyl (C=O) groups excluding carboxylic acids is 3. The van der Waals surface area contributed by atoms with Gasteiger partial charge in [0.05, 0.1) is 38.2 Å². The van der Waals surface area contributed by atoms with Crippen molar-refractivity contribution < 1.29 is 38.1 Å². The summed E-state index contributed by atoms with van der Waals surface area (Å²) in [6.45, 7) is 5.26. The molecule has 0 radical (unpaired) electrons. The predicted octanol–water partition coefficient (Wildman–Crippen LogP) is 2.52. The van der Waals surface area contributed by atoms with Gasteiger partial charge in [-0.3, -0.25) is 4.79 Å². The number of nitrogens with one attached hydrogen (secondary N) is 3. The Morgan fingerprint density at radius 2 is 1.76 bits per heavy atom. The Morgan fingerprint density at radius 1 is 1.00 bits per heavy atom. The van der Waals surface area contributed by atoms with Gasteiger partial charge < -0.3 is 34.3 Å². The van der Waals surface area contributed by atoms with Crippen molar-refractivity contribution in [2.45, 2.75) is 26.8 Å². The summed E-state index contributed by atoms with van der Waals surface area (Å²) in [5.74, 6) is -0.366. The van der Waals surface area contributed by atoms with E-state index in [1.807, 2.05) is 6.92 Å². The van der Waals surface area contributed by atoms with E-state index < -0.39 is 23.9 Å². The number of thiocarbonyl (C=S) groups is 1. The fourth-order valence-corrected chi connectivity index (χ4v) is 4.07. The van der Waals surface area contributed by atoms with Gasteiger partial charge in [0.15, 0.2) is 29.8 Å². The third kappa shape index (κ3) is 8.67. The van der Waals surface area contributed by atoms with Crippen LogP contribution in [0, 0.1) is 0 Å². The second-order valence-corrected chi connectivity index (χ2v) is 8.82. The van der Waals surface area contributed by atoms with Crippen molar-refractivity contribution in [2.75, 3.05) is 33.5 Å². The molecular formula is C28H32N4O8S. The first kappa shape index (κ1) is 30.9. The summed E-state index contributed by atoms with van der Waals surface area (Å²) in [5.41, 5.74) is 4.56. The number of amides is 1. The van der Waals surface area contributed by atoms with Crippen LogP contribution in [-0.4, -0.2) is 62.7 Å². The Labute approximate surface area is 243 Å². The number of hydrogen-bond donors (Lipinski definition) is 3. The number of esters is 2. The number of ether oxygens (including phenoxy) is 5. The largest absolute Gasteiger partial charge is 0.490 e. The number of para-hydroxylation sites is 1. The highest BCUT2D eigenvalue weighted by Crippen LogP contribution is 2.33. The maximum atomic E-state index is 12.7. The first-order chi connectivity index (χ1) is 19.8. The van der Waals surface area contributed by atoms with Crippen molar-refractivity contribution in [3.8, 4) is 17.2 Å². The average Bonchev–Trinajstić information content (AvgIpc) is 2.95. The monoisotopic (exact) mass is 584 g/mol. The van der Waals surface area contributed by atoms with Crippen molar-refractivity contribution in [2.24, 2.45) is 5.10 Å². The molecule has 13 heteroatoms. The third-order valence-corrected chi connectivity index (χ3v) is 5.82. The molecule has 1 aliphatic rings. The molecule has 0 bridgehead atoms. The van der Waals surface area contributed by atoms with Gasteiger partial charge in [-0.15, -0.1) is 0 Å². The fraction of sp³-hybridized carbons (Fsp3) is 0.321. The normalized spacial score (nSPS) is 14.5. The van der Waals surface area contributed by atoms with Crippen LogP contribution < -0.4 is 30.3 Å². The molecule has 3 rings (SSSR count). The minimum absolute atomic E-state index is 0.214. The zero-order valence-electron chi connectivity index (χ0n) is 23.1. The molecule has 0 aliphatic carbocycles. The minimum atomic E-state index is -0.640. The van der Waals surface area contributed by atoms with E-state index in [2.05, 4.69) is 25.9 Å². The van der Waals surface area contributed by atoms with E-state index in [9.17, 15) is 14.4 Å². The molecule has 0 aromatic heterocycles. The molecule has 2 aromatic carbocycles. The van der Waals surface area contributed by atoms with Gasteiger partial charge in [0.1, 0.15) is 5.75 Å². The van der Waals surface area contributed by atoms with Crippen molar-refractivity contribution >= 4 is 41.4 Å².